The fourth-order valence-electron chi connectivity index (χ4n) is 2.00. The number of hydrogen-bond acceptors (Lipinski definition) is 3. The lowest BCUT2D eigenvalue weighted by atomic mass is 10.1. The summed E-state index contributed by atoms with van der Waals surface area (Å²) in [4.78, 5) is 13.4. The minimum atomic E-state index is -0.306. The van der Waals surface area contributed by atoms with Gasteiger partial charge in [0.25, 0.3) is 0 Å². The Bertz CT molecular complexity index is 439. The van der Waals surface area contributed by atoms with E-state index in [9.17, 15) is 4.79 Å². The number of nitrogens with zero attached hydrogens (tertiary/aromatic N) is 3. The second kappa shape index (κ2) is 2.82. The van der Waals surface area contributed by atoms with Crippen molar-refractivity contribution >= 4 is 21.8 Å². The molecule has 1 spiro atoms. The molecule has 0 radical (unpaired) electrons. The van der Waals surface area contributed by atoms with Gasteiger partial charge in [-0.05, 0) is 22.0 Å². The highest BCUT2D eigenvalue weighted by atomic mass is 79.9. The molecule has 0 aromatic carbocycles. The van der Waals surface area contributed by atoms with Crippen LogP contribution in [-0.4, -0.2) is 40.8 Å². The van der Waals surface area contributed by atoms with Crippen molar-refractivity contribution in [2.24, 2.45) is 0 Å². The zero-order valence-electron chi connectivity index (χ0n) is 8.23. The largest absolute Gasteiger partial charge is 0.361 e. The molecule has 1 amide bonds. The van der Waals surface area contributed by atoms with E-state index in [4.69, 9.17) is 4.74 Å². The third-order valence-corrected chi connectivity index (χ3v) is 3.30. The highest BCUT2D eigenvalue weighted by Gasteiger charge is 2.52. The van der Waals surface area contributed by atoms with E-state index in [-0.39, 0.29) is 11.5 Å². The molecule has 1 fully saturated rings. The molecule has 2 aliphatic rings. The quantitative estimate of drug-likeness (QED) is 0.640. The molecule has 80 valence electrons. The van der Waals surface area contributed by atoms with E-state index in [2.05, 4.69) is 21.0 Å². The number of aromatic nitrogens is 2. The Morgan fingerprint density at radius 3 is 3.07 bits per heavy atom. The van der Waals surface area contributed by atoms with Crippen LogP contribution in [0.3, 0.4) is 0 Å². The van der Waals surface area contributed by atoms with Crippen LogP contribution in [0.2, 0.25) is 0 Å². The van der Waals surface area contributed by atoms with Gasteiger partial charge in [0.2, 0.25) is 5.91 Å². The molecule has 1 atom stereocenters. The Kier molecular flexibility index (Phi) is 1.76. The molecule has 1 unspecified atom stereocenters. The predicted molar refractivity (Wildman–Crippen MR) is 55.2 cm³/mol. The van der Waals surface area contributed by atoms with Crippen LogP contribution in [0.25, 0.3) is 0 Å². The minimum Gasteiger partial charge on any atom is -0.361 e. The molecule has 0 bridgehead atoms. The summed E-state index contributed by atoms with van der Waals surface area (Å²) in [6, 6.07) is 1.93. The van der Waals surface area contributed by atoms with Crippen LogP contribution < -0.4 is 0 Å². The predicted octanol–water partition coefficient (Wildman–Crippen LogP) is 0.343. The van der Waals surface area contributed by atoms with Gasteiger partial charge in [0.15, 0.2) is 5.60 Å². The van der Waals surface area contributed by atoms with Crippen LogP contribution in [0.1, 0.15) is 5.69 Å². The smallest absolute Gasteiger partial charge is 0.244 e. The van der Waals surface area contributed by atoms with E-state index < -0.39 is 0 Å². The second-order valence-electron chi connectivity index (χ2n) is 4.04. The van der Waals surface area contributed by atoms with E-state index >= 15 is 0 Å². The summed E-state index contributed by atoms with van der Waals surface area (Å²) in [5, 5.41) is 4.24. The Morgan fingerprint density at radius 1 is 1.67 bits per heavy atom. The van der Waals surface area contributed by atoms with E-state index in [0.717, 1.165) is 10.3 Å². The zero-order chi connectivity index (χ0) is 10.6. The number of hydrogen-bond donors (Lipinski definition) is 0. The number of carbonyl (C=O) groups is 1. The first-order valence-corrected chi connectivity index (χ1v) is 5.52. The monoisotopic (exact) mass is 271 g/mol. The van der Waals surface area contributed by atoms with Crippen molar-refractivity contribution < 1.29 is 9.53 Å². The van der Waals surface area contributed by atoms with Crippen molar-refractivity contribution in [3.05, 3.63) is 16.4 Å². The molecule has 0 saturated carbocycles. The van der Waals surface area contributed by atoms with Crippen molar-refractivity contribution in [2.45, 2.75) is 12.1 Å². The van der Waals surface area contributed by atoms with Gasteiger partial charge >= 0.3 is 0 Å². The lowest BCUT2D eigenvalue weighted by molar-refractivity contribution is -0.130. The summed E-state index contributed by atoms with van der Waals surface area (Å²) in [6.07, 6.45) is 0. The summed E-state index contributed by atoms with van der Waals surface area (Å²) in [5.41, 5.74) is 0.687. The van der Waals surface area contributed by atoms with Crippen LogP contribution in [0.5, 0.6) is 0 Å². The third-order valence-electron chi connectivity index (χ3n) is 2.91. The van der Waals surface area contributed by atoms with Crippen molar-refractivity contribution in [2.75, 3.05) is 20.2 Å². The van der Waals surface area contributed by atoms with Crippen molar-refractivity contribution in [1.29, 1.82) is 0 Å². The van der Waals surface area contributed by atoms with E-state index in [1.165, 1.54) is 0 Å². The summed E-state index contributed by atoms with van der Waals surface area (Å²) in [6.45, 7) is 1.58. The van der Waals surface area contributed by atoms with E-state index in [1.807, 2.05) is 6.07 Å². The van der Waals surface area contributed by atoms with Gasteiger partial charge in [0, 0.05) is 7.05 Å². The molecule has 3 heterocycles. The van der Waals surface area contributed by atoms with E-state index in [1.54, 1.807) is 16.6 Å². The number of halogens is 1. The lowest BCUT2D eigenvalue weighted by Gasteiger charge is -2.16. The van der Waals surface area contributed by atoms with Gasteiger partial charge in [-0.25, -0.2) is 0 Å². The normalized spacial score (nSPS) is 29.2. The Labute approximate surface area is 95.1 Å². The number of likely N-dealkylation sites (N-methyl/N-ethyl adjacent to an activating group) is 1. The summed E-state index contributed by atoms with van der Waals surface area (Å²) >= 11 is 3.32. The lowest BCUT2D eigenvalue weighted by Crippen LogP contribution is -2.33. The van der Waals surface area contributed by atoms with Crippen LogP contribution in [0, 0.1) is 0 Å². The number of ether oxygens (including phenoxy) is 1. The average molecular weight is 272 g/mol. The molecule has 2 aliphatic heterocycles. The van der Waals surface area contributed by atoms with E-state index in [0.29, 0.717) is 19.7 Å². The van der Waals surface area contributed by atoms with Gasteiger partial charge in [-0.3, -0.25) is 9.48 Å². The number of amides is 1. The Balaban J connectivity index is 2.10. The first kappa shape index (κ1) is 9.35. The Hall–Kier alpha value is -0.880. The van der Waals surface area contributed by atoms with Gasteiger partial charge in [0.05, 0.1) is 18.8 Å². The molecule has 1 aromatic heterocycles. The first-order chi connectivity index (χ1) is 7.11. The van der Waals surface area contributed by atoms with Crippen molar-refractivity contribution in [3.63, 3.8) is 0 Å². The molecule has 5 nitrogen and oxygen atoms in total. The van der Waals surface area contributed by atoms with Crippen LogP contribution in [0.4, 0.5) is 0 Å². The van der Waals surface area contributed by atoms with Gasteiger partial charge in [0.1, 0.15) is 11.1 Å². The highest BCUT2D eigenvalue weighted by molar-refractivity contribution is 9.10. The standard InChI is InChI=1S/C9H10BrN3O2/c1-12-4-9(5-15-9)6-2-7(10)11-13(6)3-8(12)14/h2H,3-5H2,1H3. The second-order valence-corrected chi connectivity index (χ2v) is 4.86. The fraction of sp³-hybridized carbons (Fsp3) is 0.556. The number of fused-ring (bicyclic) bond motifs is 2. The van der Waals surface area contributed by atoms with Crippen LogP contribution >= 0.6 is 15.9 Å². The molecule has 0 N–H and O–H groups in total. The maximum Gasteiger partial charge on any atom is 0.244 e. The molecule has 0 aliphatic carbocycles. The summed E-state index contributed by atoms with van der Waals surface area (Å²) < 4.78 is 7.98. The van der Waals surface area contributed by atoms with Gasteiger partial charge in [-0.1, -0.05) is 0 Å². The number of carbonyl (C=O) groups excluding carboxylic acids is 1. The van der Waals surface area contributed by atoms with Gasteiger partial charge < -0.3 is 9.64 Å². The number of rotatable bonds is 0. The maximum atomic E-state index is 11.7. The SMILES string of the molecule is CN1CC2(CO2)c2cc(Br)nn2CC1=O. The molecular formula is C9H10BrN3O2. The molecule has 1 aromatic rings. The van der Waals surface area contributed by atoms with Crippen molar-refractivity contribution in [3.8, 4) is 0 Å². The molecule has 1 saturated heterocycles. The highest BCUT2D eigenvalue weighted by Crippen LogP contribution is 2.41. The number of epoxide rings is 1. The van der Waals surface area contributed by atoms with Crippen LogP contribution in [0.15, 0.2) is 10.7 Å². The Morgan fingerprint density at radius 2 is 2.40 bits per heavy atom. The average Bonchev–Trinajstić information content (AvgIpc) is 2.85. The molecule has 3 rings (SSSR count). The third kappa shape index (κ3) is 1.32. The summed E-state index contributed by atoms with van der Waals surface area (Å²) in [7, 11) is 1.80. The maximum absolute atomic E-state index is 11.7. The molecular weight excluding hydrogens is 262 g/mol. The first-order valence-electron chi connectivity index (χ1n) is 4.72. The van der Waals surface area contributed by atoms with Crippen molar-refractivity contribution in [1.82, 2.24) is 14.7 Å². The van der Waals surface area contributed by atoms with Gasteiger partial charge in [-0.2, -0.15) is 5.10 Å². The summed E-state index contributed by atoms with van der Waals surface area (Å²) in [5.74, 6) is 0.0687. The fourth-order valence-corrected chi connectivity index (χ4v) is 2.41. The zero-order valence-corrected chi connectivity index (χ0v) is 9.82. The van der Waals surface area contributed by atoms with Gasteiger partial charge in [-0.15, -0.1) is 0 Å². The minimum absolute atomic E-state index is 0.0687. The molecule has 6 heteroatoms. The van der Waals surface area contributed by atoms with Crippen LogP contribution in [-0.2, 0) is 21.7 Å². The molecule has 15 heavy (non-hydrogen) atoms. The topological polar surface area (TPSA) is 50.7 Å².